The molecule has 0 bridgehead atoms. The number of benzene rings is 1. The Morgan fingerprint density at radius 3 is 2.50 bits per heavy atom. The number of sulfone groups is 1. The Labute approximate surface area is 120 Å². The molecule has 1 aromatic heterocycles. The maximum atomic E-state index is 12.1. The first-order valence-corrected chi connectivity index (χ1v) is 8.59. The highest BCUT2D eigenvalue weighted by atomic mass is 32.2. The fourth-order valence-electron chi connectivity index (χ4n) is 2.31. The topological polar surface area (TPSA) is 59.3 Å². The molecule has 1 unspecified atom stereocenters. The van der Waals surface area contributed by atoms with Crippen molar-refractivity contribution >= 4 is 20.8 Å². The van der Waals surface area contributed by atoms with Crippen LogP contribution in [0.5, 0.6) is 0 Å². The molecule has 0 aliphatic carbocycles. The van der Waals surface area contributed by atoms with E-state index in [1.54, 1.807) is 7.05 Å². The number of rotatable bonds is 6. The SMILES string of the molecule is CNC(CS(=O)(=O)CC(C)C)c1cc2ccccc2o1. The Kier molecular flexibility index (Phi) is 4.50. The highest BCUT2D eigenvalue weighted by Gasteiger charge is 2.23. The lowest BCUT2D eigenvalue weighted by Crippen LogP contribution is -2.27. The monoisotopic (exact) mass is 295 g/mol. The van der Waals surface area contributed by atoms with Gasteiger partial charge in [-0.2, -0.15) is 0 Å². The van der Waals surface area contributed by atoms with Gasteiger partial charge in [0, 0.05) is 5.39 Å². The molecule has 5 heteroatoms. The smallest absolute Gasteiger partial charge is 0.152 e. The predicted octanol–water partition coefficient (Wildman–Crippen LogP) is 2.76. The molecule has 2 aromatic rings. The van der Waals surface area contributed by atoms with E-state index in [4.69, 9.17) is 4.42 Å². The van der Waals surface area contributed by atoms with Crippen LogP contribution in [0.2, 0.25) is 0 Å². The van der Waals surface area contributed by atoms with E-state index in [1.165, 1.54) is 0 Å². The third-order valence-electron chi connectivity index (χ3n) is 3.14. The van der Waals surface area contributed by atoms with Gasteiger partial charge in [-0.3, -0.25) is 0 Å². The molecule has 0 radical (unpaired) electrons. The number of hydrogen-bond acceptors (Lipinski definition) is 4. The molecular weight excluding hydrogens is 274 g/mol. The first-order valence-electron chi connectivity index (χ1n) is 6.77. The number of hydrogen-bond donors (Lipinski definition) is 1. The zero-order valence-corrected chi connectivity index (χ0v) is 12.9. The molecule has 0 aliphatic rings. The standard InChI is InChI=1S/C15H21NO3S/c1-11(2)9-20(17,18)10-13(16-3)15-8-12-6-4-5-7-14(12)19-15/h4-8,11,13,16H,9-10H2,1-3H3. The van der Waals surface area contributed by atoms with Crippen LogP contribution < -0.4 is 5.32 Å². The van der Waals surface area contributed by atoms with E-state index in [-0.39, 0.29) is 23.5 Å². The Bertz CT molecular complexity index is 640. The Balaban J connectivity index is 2.24. The number of para-hydroxylation sites is 1. The van der Waals surface area contributed by atoms with Gasteiger partial charge in [0.1, 0.15) is 11.3 Å². The van der Waals surface area contributed by atoms with E-state index in [1.807, 2.05) is 44.2 Å². The molecule has 0 aliphatic heterocycles. The van der Waals surface area contributed by atoms with Gasteiger partial charge >= 0.3 is 0 Å². The molecule has 1 aromatic carbocycles. The summed E-state index contributed by atoms with van der Waals surface area (Å²) in [4.78, 5) is 0. The summed E-state index contributed by atoms with van der Waals surface area (Å²) in [7, 11) is -1.35. The van der Waals surface area contributed by atoms with Crippen molar-refractivity contribution in [2.24, 2.45) is 5.92 Å². The number of fused-ring (bicyclic) bond motifs is 1. The van der Waals surface area contributed by atoms with Crippen molar-refractivity contribution in [2.45, 2.75) is 19.9 Å². The summed E-state index contributed by atoms with van der Waals surface area (Å²) >= 11 is 0. The molecular formula is C15H21NO3S. The van der Waals surface area contributed by atoms with Gasteiger partial charge < -0.3 is 9.73 Å². The maximum Gasteiger partial charge on any atom is 0.152 e. The van der Waals surface area contributed by atoms with E-state index >= 15 is 0 Å². The van der Waals surface area contributed by atoms with Crippen molar-refractivity contribution in [2.75, 3.05) is 18.6 Å². The molecule has 0 amide bonds. The van der Waals surface area contributed by atoms with Crippen LogP contribution in [0.15, 0.2) is 34.7 Å². The van der Waals surface area contributed by atoms with Crippen LogP contribution in [0.25, 0.3) is 11.0 Å². The third kappa shape index (κ3) is 3.61. The van der Waals surface area contributed by atoms with Crippen LogP contribution in [0.4, 0.5) is 0 Å². The Morgan fingerprint density at radius 2 is 1.90 bits per heavy atom. The van der Waals surface area contributed by atoms with Gasteiger partial charge in [-0.05, 0) is 25.1 Å². The predicted molar refractivity (Wildman–Crippen MR) is 81.5 cm³/mol. The highest BCUT2D eigenvalue weighted by molar-refractivity contribution is 7.91. The first-order chi connectivity index (χ1) is 9.41. The third-order valence-corrected chi connectivity index (χ3v) is 5.16. The molecule has 0 spiro atoms. The summed E-state index contributed by atoms with van der Waals surface area (Å²) in [5, 5.41) is 4.03. The van der Waals surface area contributed by atoms with E-state index in [0.29, 0.717) is 5.76 Å². The van der Waals surface area contributed by atoms with Gasteiger partial charge in [-0.15, -0.1) is 0 Å². The second-order valence-electron chi connectivity index (χ2n) is 5.50. The van der Waals surface area contributed by atoms with Crippen molar-refractivity contribution in [3.05, 3.63) is 36.1 Å². The summed E-state index contributed by atoms with van der Waals surface area (Å²) in [6.07, 6.45) is 0. The molecule has 1 heterocycles. The zero-order valence-electron chi connectivity index (χ0n) is 12.1. The van der Waals surface area contributed by atoms with E-state index in [9.17, 15) is 8.42 Å². The average molecular weight is 295 g/mol. The van der Waals surface area contributed by atoms with Crippen LogP contribution in [0.1, 0.15) is 25.6 Å². The van der Waals surface area contributed by atoms with E-state index in [2.05, 4.69) is 5.32 Å². The van der Waals surface area contributed by atoms with Crippen LogP contribution in [0.3, 0.4) is 0 Å². The normalized spacial score (nSPS) is 14.0. The molecule has 2 rings (SSSR count). The minimum absolute atomic E-state index is 0.0570. The summed E-state index contributed by atoms with van der Waals surface area (Å²) in [5.74, 6) is 1.06. The van der Waals surface area contributed by atoms with E-state index < -0.39 is 9.84 Å². The van der Waals surface area contributed by atoms with Crippen molar-refractivity contribution in [3.8, 4) is 0 Å². The molecule has 1 atom stereocenters. The Hall–Kier alpha value is -1.33. The Morgan fingerprint density at radius 1 is 1.20 bits per heavy atom. The van der Waals surface area contributed by atoms with Crippen molar-refractivity contribution in [1.29, 1.82) is 0 Å². The van der Waals surface area contributed by atoms with Gasteiger partial charge in [-0.1, -0.05) is 32.0 Å². The van der Waals surface area contributed by atoms with Crippen LogP contribution >= 0.6 is 0 Å². The summed E-state index contributed by atoms with van der Waals surface area (Å²) in [6, 6.07) is 9.27. The molecule has 0 fully saturated rings. The highest BCUT2D eigenvalue weighted by Crippen LogP contribution is 2.25. The summed E-state index contributed by atoms with van der Waals surface area (Å²) in [5.41, 5.74) is 0.781. The molecule has 110 valence electrons. The number of furan rings is 1. The molecule has 20 heavy (non-hydrogen) atoms. The summed E-state index contributed by atoms with van der Waals surface area (Å²) < 4.78 is 30.0. The van der Waals surface area contributed by atoms with Gasteiger partial charge in [0.05, 0.1) is 17.5 Å². The lowest BCUT2D eigenvalue weighted by molar-refractivity contribution is 0.470. The average Bonchev–Trinajstić information content (AvgIpc) is 2.77. The molecule has 1 N–H and O–H groups in total. The quantitative estimate of drug-likeness (QED) is 0.890. The lowest BCUT2D eigenvalue weighted by Gasteiger charge is -2.14. The number of nitrogens with one attached hydrogen (secondary N) is 1. The van der Waals surface area contributed by atoms with Crippen LogP contribution in [-0.2, 0) is 9.84 Å². The fraction of sp³-hybridized carbons (Fsp3) is 0.467. The van der Waals surface area contributed by atoms with Gasteiger partial charge in [-0.25, -0.2) is 8.42 Å². The molecule has 0 saturated heterocycles. The van der Waals surface area contributed by atoms with Gasteiger partial charge in [0.15, 0.2) is 9.84 Å². The van der Waals surface area contributed by atoms with E-state index in [0.717, 1.165) is 11.0 Å². The van der Waals surface area contributed by atoms with Gasteiger partial charge in [0.2, 0.25) is 0 Å². The lowest BCUT2D eigenvalue weighted by atomic mass is 10.2. The fourth-order valence-corrected chi connectivity index (χ4v) is 4.30. The first kappa shape index (κ1) is 15.1. The maximum absolute atomic E-state index is 12.1. The van der Waals surface area contributed by atoms with Crippen molar-refractivity contribution in [1.82, 2.24) is 5.32 Å². The largest absolute Gasteiger partial charge is 0.459 e. The molecule has 0 saturated carbocycles. The molecule has 4 nitrogen and oxygen atoms in total. The zero-order chi connectivity index (χ0) is 14.8. The van der Waals surface area contributed by atoms with Crippen molar-refractivity contribution < 1.29 is 12.8 Å². The van der Waals surface area contributed by atoms with Gasteiger partial charge in [0.25, 0.3) is 0 Å². The minimum atomic E-state index is -3.10. The minimum Gasteiger partial charge on any atom is -0.459 e. The second-order valence-corrected chi connectivity index (χ2v) is 7.65. The van der Waals surface area contributed by atoms with Crippen LogP contribution in [-0.4, -0.2) is 27.0 Å². The van der Waals surface area contributed by atoms with Crippen LogP contribution in [0, 0.1) is 5.92 Å². The summed E-state index contributed by atoms with van der Waals surface area (Å²) in [6.45, 7) is 3.82. The van der Waals surface area contributed by atoms with Crippen molar-refractivity contribution in [3.63, 3.8) is 0 Å². The second kappa shape index (κ2) is 5.97.